The summed E-state index contributed by atoms with van der Waals surface area (Å²) in [6.07, 6.45) is -4.71. The number of benzene rings is 2. The van der Waals surface area contributed by atoms with Gasteiger partial charge in [-0.3, -0.25) is 14.9 Å². The first kappa shape index (κ1) is 20.9. The number of nitrogens with one attached hydrogen (secondary N) is 2. The van der Waals surface area contributed by atoms with Gasteiger partial charge in [0.05, 0.1) is 23.2 Å². The molecule has 0 aromatic heterocycles. The van der Waals surface area contributed by atoms with Crippen molar-refractivity contribution in [3.8, 4) is 5.75 Å². The number of nitrogens with zero attached hydrogens (tertiary/aromatic N) is 1. The van der Waals surface area contributed by atoms with E-state index >= 15 is 0 Å². The molecule has 11 heteroatoms. The number of anilines is 1. The average Bonchev–Trinajstić information content (AvgIpc) is 2.63. The standard InChI is InChI=1S/C17H15F4N3O4/c1-28-11-3-4-12(13(18)9-11)16(25)23-7-6-22-14-5-2-10(17(19,20)21)8-15(14)24(26)27/h2-5,8-9,22H,6-7H2,1H3,(H,23,25). The first-order chi connectivity index (χ1) is 13.1. The Labute approximate surface area is 156 Å². The van der Waals surface area contributed by atoms with Gasteiger partial charge in [-0.25, -0.2) is 4.39 Å². The summed E-state index contributed by atoms with van der Waals surface area (Å²) in [5.41, 5.74) is -2.25. The Kier molecular flexibility index (Phi) is 6.39. The second kappa shape index (κ2) is 8.55. The Morgan fingerprint density at radius 3 is 2.46 bits per heavy atom. The van der Waals surface area contributed by atoms with Crippen LogP contribution in [0.25, 0.3) is 0 Å². The van der Waals surface area contributed by atoms with Crippen LogP contribution in [0.1, 0.15) is 15.9 Å². The number of nitro groups is 1. The van der Waals surface area contributed by atoms with Crippen molar-refractivity contribution in [2.45, 2.75) is 6.18 Å². The van der Waals surface area contributed by atoms with Crippen molar-refractivity contribution in [3.05, 3.63) is 63.5 Å². The number of rotatable bonds is 7. The van der Waals surface area contributed by atoms with E-state index in [1.165, 1.54) is 19.2 Å². The highest BCUT2D eigenvalue weighted by molar-refractivity contribution is 5.94. The maximum Gasteiger partial charge on any atom is 0.416 e. The van der Waals surface area contributed by atoms with Crippen molar-refractivity contribution in [1.82, 2.24) is 5.32 Å². The van der Waals surface area contributed by atoms with Gasteiger partial charge in [-0.1, -0.05) is 0 Å². The highest BCUT2D eigenvalue weighted by atomic mass is 19.4. The average molecular weight is 401 g/mol. The van der Waals surface area contributed by atoms with E-state index in [1.54, 1.807) is 0 Å². The molecule has 150 valence electrons. The number of ether oxygens (including phenoxy) is 1. The summed E-state index contributed by atoms with van der Waals surface area (Å²) in [7, 11) is 1.35. The fourth-order valence-corrected chi connectivity index (χ4v) is 2.28. The van der Waals surface area contributed by atoms with Crippen LogP contribution in [0.4, 0.5) is 28.9 Å². The Bertz CT molecular complexity index is 887. The van der Waals surface area contributed by atoms with Crippen molar-refractivity contribution in [2.75, 3.05) is 25.5 Å². The smallest absolute Gasteiger partial charge is 0.416 e. The van der Waals surface area contributed by atoms with Crippen LogP contribution in [0.3, 0.4) is 0 Å². The van der Waals surface area contributed by atoms with E-state index in [4.69, 9.17) is 4.74 Å². The van der Waals surface area contributed by atoms with Gasteiger partial charge in [0.2, 0.25) is 0 Å². The molecule has 2 aromatic rings. The van der Waals surface area contributed by atoms with Gasteiger partial charge in [0.1, 0.15) is 17.3 Å². The van der Waals surface area contributed by atoms with Gasteiger partial charge in [0, 0.05) is 25.2 Å². The van der Waals surface area contributed by atoms with E-state index in [-0.39, 0.29) is 30.1 Å². The quantitative estimate of drug-likeness (QED) is 0.320. The molecule has 0 aliphatic carbocycles. The maximum absolute atomic E-state index is 13.8. The highest BCUT2D eigenvalue weighted by Gasteiger charge is 2.33. The molecule has 0 aliphatic heterocycles. The van der Waals surface area contributed by atoms with E-state index in [9.17, 15) is 32.5 Å². The summed E-state index contributed by atoms with van der Waals surface area (Å²) in [6, 6.07) is 5.75. The number of carbonyl (C=O) groups is 1. The van der Waals surface area contributed by atoms with Gasteiger partial charge in [-0.2, -0.15) is 13.2 Å². The number of methoxy groups -OCH3 is 1. The zero-order valence-electron chi connectivity index (χ0n) is 14.5. The van der Waals surface area contributed by atoms with E-state index in [2.05, 4.69) is 10.6 Å². The second-order valence-corrected chi connectivity index (χ2v) is 5.52. The molecule has 2 rings (SSSR count). The zero-order chi connectivity index (χ0) is 20.9. The molecule has 0 saturated carbocycles. The third kappa shape index (κ3) is 5.09. The maximum atomic E-state index is 13.8. The lowest BCUT2D eigenvalue weighted by Crippen LogP contribution is -2.29. The van der Waals surface area contributed by atoms with E-state index in [1.807, 2.05) is 0 Å². The number of hydrogen-bond donors (Lipinski definition) is 2. The Balaban J connectivity index is 1.98. The van der Waals surface area contributed by atoms with Gasteiger partial charge in [-0.15, -0.1) is 0 Å². The SMILES string of the molecule is COc1ccc(C(=O)NCCNc2ccc(C(F)(F)F)cc2[N+](=O)[O-])c(F)c1. The molecule has 0 spiro atoms. The normalized spacial score (nSPS) is 11.0. The molecule has 0 bridgehead atoms. The Morgan fingerprint density at radius 1 is 1.18 bits per heavy atom. The Hall–Kier alpha value is -3.37. The molecule has 0 heterocycles. The van der Waals surface area contributed by atoms with Gasteiger partial charge in [0.25, 0.3) is 11.6 Å². The van der Waals surface area contributed by atoms with Crippen LogP contribution < -0.4 is 15.4 Å². The fourth-order valence-electron chi connectivity index (χ4n) is 2.28. The summed E-state index contributed by atoms with van der Waals surface area (Å²) in [4.78, 5) is 22.0. The van der Waals surface area contributed by atoms with Gasteiger partial charge < -0.3 is 15.4 Å². The zero-order valence-corrected chi connectivity index (χ0v) is 14.5. The lowest BCUT2D eigenvalue weighted by Gasteiger charge is -2.11. The number of hydrogen-bond acceptors (Lipinski definition) is 5. The van der Waals surface area contributed by atoms with Crippen molar-refractivity contribution in [3.63, 3.8) is 0 Å². The van der Waals surface area contributed by atoms with Crippen molar-refractivity contribution >= 4 is 17.3 Å². The molecule has 0 aliphatic rings. The van der Waals surface area contributed by atoms with Gasteiger partial charge >= 0.3 is 6.18 Å². The molecule has 1 amide bonds. The predicted octanol–water partition coefficient (Wildman–Crippen LogP) is 3.60. The monoisotopic (exact) mass is 401 g/mol. The number of nitro benzene ring substituents is 1. The number of halogens is 4. The second-order valence-electron chi connectivity index (χ2n) is 5.52. The summed E-state index contributed by atoms with van der Waals surface area (Å²) in [5.74, 6) is -1.27. The predicted molar refractivity (Wildman–Crippen MR) is 91.9 cm³/mol. The third-order valence-corrected chi connectivity index (χ3v) is 3.67. The van der Waals surface area contributed by atoms with Gasteiger partial charge in [-0.05, 0) is 24.3 Å². The number of carbonyl (C=O) groups excluding carboxylic acids is 1. The minimum Gasteiger partial charge on any atom is -0.497 e. The molecule has 0 unspecified atom stereocenters. The molecule has 2 aromatic carbocycles. The highest BCUT2D eigenvalue weighted by Crippen LogP contribution is 2.34. The molecule has 0 atom stereocenters. The fraction of sp³-hybridized carbons (Fsp3) is 0.235. The lowest BCUT2D eigenvalue weighted by atomic mass is 10.1. The minimum atomic E-state index is -4.71. The third-order valence-electron chi connectivity index (χ3n) is 3.67. The lowest BCUT2D eigenvalue weighted by molar-refractivity contribution is -0.384. The summed E-state index contributed by atoms with van der Waals surface area (Å²) < 4.78 is 56.7. The van der Waals surface area contributed by atoms with Crippen LogP contribution >= 0.6 is 0 Å². The summed E-state index contributed by atoms with van der Waals surface area (Å²) >= 11 is 0. The molecule has 0 saturated heterocycles. The molecule has 0 radical (unpaired) electrons. The Morgan fingerprint density at radius 2 is 1.89 bits per heavy atom. The largest absolute Gasteiger partial charge is 0.497 e. The van der Waals surface area contributed by atoms with Crippen molar-refractivity contribution in [1.29, 1.82) is 0 Å². The van der Waals surface area contributed by atoms with Gasteiger partial charge in [0.15, 0.2) is 0 Å². The first-order valence-corrected chi connectivity index (χ1v) is 7.84. The summed E-state index contributed by atoms with van der Waals surface area (Å²) in [5, 5.41) is 16.0. The van der Waals surface area contributed by atoms with Crippen molar-refractivity contribution < 1.29 is 32.0 Å². The molecule has 2 N–H and O–H groups in total. The topological polar surface area (TPSA) is 93.5 Å². The molecule has 0 fully saturated rings. The van der Waals surface area contributed by atoms with Crippen molar-refractivity contribution in [2.24, 2.45) is 0 Å². The van der Waals surface area contributed by atoms with E-state index in [0.717, 1.165) is 12.1 Å². The minimum absolute atomic E-state index is 0.0320. The van der Waals surface area contributed by atoms with E-state index < -0.39 is 34.1 Å². The molecule has 28 heavy (non-hydrogen) atoms. The van der Waals surface area contributed by atoms with Crippen LogP contribution in [-0.4, -0.2) is 31.0 Å². The number of alkyl halides is 3. The van der Waals surface area contributed by atoms with Crippen LogP contribution in [-0.2, 0) is 6.18 Å². The van der Waals surface area contributed by atoms with E-state index in [0.29, 0.717) is 12.1 Å². The molecular weight excluding hydrogens is 386 g/mol. The van der Waals surface area contributed by atoms with Crippen LogP contribution in [0.2, 0.25) is 0 Å². The summed E-state index contributed by atoms with van der Waals surface area (Å²) in [6.45, 7) is -0.0851. The van der Waals surface area contributed by atoms with Crippen LogP contribution in [0.5, 0.6) is 5.75 Å². The van der Waals surface area contributed by atoms with Crippen LogP contribution in [0, 0.1) is 15.9 Å². The molecule has 7 nitrogen and oxygen atoms in total. The molecular formula is C17H15F4N3O4. The van der Waals surface area contributed by atoms with Crippen LogP contribution in [0.15, 0.2) is 36.4 Å². The number of amides is 1. The first-order valence-electron chi connectivity index (χ1n) is 7.84.